The fraction of sp³-hybridized carbons (Fsp3) is 0.417. The Balaban J connectivity index is 2.17. The van der Waals surface area contributed by atoms with Gasteiger partial charge >= 0.3 is 5.97 Å². The van der Waals surface area contributed by atoms with E-state index < -0.39 is 23.9 Å². The Bertz CT molecular complexity index is 977. The number of nitrogens with one attached hydrogen (secondary N) is 2. The minimum absolute atomic E-state index is 0.143. The molecule has 2 N–H and O–H groups in total. The molecule has 1 heterocycles. The first kappa shape index (κ1) is 24.1. The van der Waals surface area contributed by atoms with Gasteiger partial charge in [0.15, 0.2) is 11.9 Å². The summed E-state index contributed by atoms with van der Waals surface area (Å²) in [7, 11) is 0. The number of carbonyl (C=O) groups excluding carboxylic acids is 4. The topological polar surface area (TPSA) is 105 Å². The van der Waals surface area contributed by atoms with Crippen LogP contribution in [0.25, 0.3) is 0 Å². The molecule has 1 amide bonds. The molecule has 0 bridgehead atoms. The number of ketones is 2. The van der Waals surface area contributed by atoms with Crippen molar-refractivity contribution in [2.24, 2.45) is 5.92 Å². The zero-order valence-electron chi connectivity index (χ0n) is 18.9. The fourth-order valence-corrected chi connectivity index (χ4v) is 3.51. The molecule has 2 rings (SSSR count). The smallest absolute Gasteiger partial charge is 0.329 e. The quantitative estimate of drug-likeness (QED) is 0.469. The summed E-state index contributed by atoms with van der Waals surface area (Å²) < 4.78 is 5.44. The molecule has 7 nitrogen and oxygen atoms in total. The van der Waals surface area contributed by atoms with Crippen molar-refractivity contribution in [2.45, 2.75) is 60.1 Å². The fourth-order valence-electron chi connectivity index (χ4n) is 3.51. The molecule has 1 aromatic carbocycles. The van der Waals surface area contributed by atoms with Crippen LogP contribution in [0.1, 0.15) is 76.6 Å². The van der Waals surface area contributed by atoms with E-state index in [0.29, 0.717) is 28.8 Å². The van der Waals surface area contributed by atoms with Crippen LogP contribution in [-0.4, -0.2) is 40.6 Å². The van der Waals surface area contributed by atoms with Crippen molar-refractivity contribution >= 4 is 23.4 Å². The van der Waals surface area contributed by atoms with Crippen LogP contribution in [0.3, 0.4) is 0 Å². The predicted octanol–water partition coefficient (Wildman–Crippen LogP) is 3.79. The van der Waals surface area contributed by atoms with E-state index in [2.05, 4.69) is 10.3 Å². The molecule has 0 spiro atoms. The molecular formula is C24H30N2O5. The van der Waals surface area contributed by atoms with E-state index >= 15 is 0 Å². The number of hydrogen-bond donors (Lipinski definition) is 2. The molecule has 1 aromatic heterocycles. The van der Waals surface area contributed by atoms with Crippen LogP contribution in [-0.2, 0) is 9.53 Å². The summed E-state index contributed by atoms with van der Waals surface area (Å²) in [5, 5.41) is 2.73. The molecule has 0 saturated heterocycles. The number of carbonyl (C=O) groups is 4. The number of rotatable bonds is 9. The predicted molar refractivity (Wildman–Crippen MR) is 117 cm³/mol. The van der Waals surface area contributed by atoms with Gasteiger partial charge in [0.25, 0.3) is 5.91 Å². The van der Waals surface area contributed by atoms with Crippen LogP contribution in [0.5, 0.6) is 0 Å². The lowest BCUT2D eigenvalue weighted by molar-refractivity contribution is -0.150. The summed E-state index contributed by atoms with van der Waals surface area (Å²) in [4.78, 5) is 53.1. The molecule has 166 valence electrons. The maximum absolute atomic E-state index is 12.9. The standard InChI is InChI=1S/C24H30N2O5/c1-7-13(2)20(26-23(29)18-11-9-8-10-12-18)24(30)31-17(6)22(28)21-14(3)19(16(5)27)15(4)25-21/h8-13,17,20,25H,7H2,1-6H3,(H,26,29)/t13-,17-,20-/m0/s1. The monoisotopic (exact) mass is 426 g/mol. The molecule has 0 radical (unpaired) electrons. The van der Waals surface area contributed by atoms with E-state index in [1.54, 1.807) is 44.2 Å². The first-order valence-corrected chi connectivity index (χ1v) is 10.4. The van der Waals surface area contributed by atoms with E-state index in [4.69, 9.17) is 4.74 Å². The second kappa shape index (κ2) is 10.2. The van der Waals surface area contributed by atoms with Crippen LogP contribution in [0.4, 0.5) is 0 Å². The second-order valence-corrected chi connectivity index (χ2v) is 7.83. The van der Waals surface area contributed by atoms with E-state index in [9.17, 15) is 19.2 Å². The number of amides is 1. The van der Waals surface area contributed by atoms with E-state index in [1.807, 2.05) is 13.8 Å². The number of aromatic amines is 1. The summed E-state index contributed by atoms with van der Waals surface area (Å²) in [6.45, 7) is 10.1. The molecule has 0 aliphatic carbocycles. The number of ether oxygens (including phenoxy) is 1. The lowest BCUT2D eigenvalue weighted by atomic mass is 9.98. The molecule has 2 aromatic rings. The van der Waals surface area contributed by atoms with E-state index in [1.165, 1.54) is 13.8 Å². The van der Waals surface area contributed by atoms with Crippen molar-refractivity contribution in [3.05, 3.63) is 58.4 Å². The maximum Gasteiger partial charge on any atom is 0.329 e. The third kappa shape index (κ3) is 5.48. The van der Waals surface area contributed by atoms with Gasteiger partial charge < -0.3 is 15.0 Å². The molecule has 0 saturated carbocycles. The number of H-pyrrole nitrogens is 1. The third-order valence-corrected chi connectivity index (χ3v) is 5.49. The number of benzene rings is 1. The van der Waals surface area contributed by atoms with E-state index in [0.717, 1.165) is 0 Å². The Morgan fingerprint density at radius 2 is 1.68 bits per heavy atom. The number of Topliss-reactive ketones (excluding diaryl/α,β-unsaturated/α-hetero) is 2. The van der Waals surface area contributed by atoms with Crippen LogP contribution in [0, 0.1) is 19.8 Å². The Morgan fingerprint density at radius 1 is 1.06 bits per heavy atom. The van der Waals surface area contributed by atoms with Crippen molar-refractivity contribution in [3.8, 4) is 0 Å². The van der Waals surface area contributed by atoms with Gasteiger partial charge in [-0.1, -0.05) is 38.5 Å². The third-order valence-electron chi connectivity index (χ3n) is 5.49. The van der Waals surface area contributed by atoms with Crippen LogP contribution >= 0.6 is 0 Å². The normalized spacial score (nSPS) is 13.7. The van der Waals surface area contributed by atoms with Crippen molar-refractivity contribution in [1.82, 2.24) is 10.3 Å². The van der Waals surface area contributed by atoms with Gasteiger partial charge in [0.1, 0.15) is 6.04 Å². The highest BCUT2D eigenvalue weighted by atomic mass is 16.5. The molecule has 7 heteroatoms. The van der Waals surface area contributed by atoms with Gasteiger partial charge in [-0.05, 0) is 51.3 Å². The summed E-state index contributed by atoms with van der Waals surface area (Å²) in [5.41, 5.74) is 2.28. The molecule has 0 fully saturated rings. The SMILES string of the molecule is CC[C@H](C)[C@H](NC(=O)c1ccccc1)C(=O)O[C@@H](C)C(=O)c1[nH]c(C)c(C(C)=O)c1C. The second-order valence-electron chi connectivity index (χ2n) is 7.83. The lowest BCUT2D eigenvalue weighted by Gasteiger charge is -2.24. The van der Waals surface area contributed by atoms with Crippen molar-refractivity contribution in [2.75, 3.05) is 0 Å². The average Bonchev–Trinajstić information content (AvgIpc) is 3.04. The van der Waals surface area contributed by atoms with Crippen LogP contribution < -0.4 is 5.32 Å². The zero-order chi connectivity index (χ0) is 23.3. The molecule has 31 heavy (non-hydrogen) atoms. The minimum Gasteiger partial charge on any atom is -0.453 e. The zero-order valence-corrected chi connectivity index (χ0v) is 18.9. The highest BCUT2D eigenvalue weighted by Gasteiger charge is 2.32. The summed E-state index contributed by atoms with van der Waals surface area (Å²) in [5.74, 6) is -1.83. The van der Waals surface area contributed by atoms with E-state index in [-0.39, 0.29) is 23.3 Å². The molecule has 3 atom stereocenters. The molecule has 0 aliphatic heterocycles. The Kier molecular flexibility index (Phi) is 7.91. The number of aryl methyl sites for hydroxylation is 1. The van der Waals surface area contributed by atoms with Gasteiger partial charge in [0.2, 0.25) is 5.78 Å². The minimum atomic E-state index is -1.08. The number of aromatic nitrogens is 1. The Hall–Kier alpha value is -3.22. The lowest BCUT2D eigenvalue weighted by Crippen LogP contribution is -2.47. The summed E-state index contributed by atoms with van der Waals surface area (Å²) >= 11 is 0. The maximum atomic E-state index is 12.9. The van der Waals surface area contributed by atoms with Crippen molar-refractivity contribution < 1.29 is 23.9 Å². The number of esters is 1. The first-order valence-electron chi connectivity index (χ1n) is 10.4. The van der Waals surface area contributed by atoms with Gasteiger partial charge in [0, 0.05) is 16.8 Å². The van der Waals surface area contributed by atoms with Gasteiger partial charge in [-0.2, -0.15) is 0 Å². The van der Waals surface area contributed by atoms with Gasteiger partial charge in [-0.25, -0.2) is 4.79 Å². The van der Waals surface area contributed by atoms with Crippen LogP contribution in [0.2, 0.25) is 0 Å². The molecular weight excluding hydrogens is 396 g/mol. The Labute approximate surface area is 182 Å². The van der Waals surface area contributed by atoms with Crippen LogP contribution in [0.15, 0.2) is 30.3 Å². The first-order chi connectivity index (χ1) is 14.6. The highest BCUT2D eigenvalue weighted by Crippen LogP contribution is 2.21. The number of hydrogen-bond acceptors (Lipinski definition) is 5. The average molecular weight is 427 g/mol. The molecule has 0 unspecified atom stereocenters. The Morgan fingerprint density at radius 3 is 2.19 bits per heavy atom. The molecule has 0 aliphatic rings. The van der Waals surface area contributed by atoms with Gasteiger partial charge in [0.05, 0.1) is 5.69 Å². The summed E-state index contributed by atoms with van der Waals surface area (Å²) in [6.07, 6.45) is -0.446. The van der Waals surface area contributed by atoms with Crippen molar-refractivity contribution in [3.63, 3.8) is 0 Å². The largest absolute Gasteiger partial charge is 0.453 e. The van der Waals surface area contributed by atoms with Gasteiger partial charge in [-0.15, -0.1) is 0 Å². The van der Waals surface area contributed by atoms with Crippen molar-refractivity contribution in [1.29, 1.82) is 0 Å². The van der Waals surface area contributed by atoms with Gasteiger partial charge in [-0.3, -0.25) is 14.4 Å². The highest BCUT2D eigenvalue weighted by molar-refractivity contribution is 6.05. The summed E-state index contributed by atoms with van der Waals surface area (Å²) in [6, 6.07) is 7.69.